The number of nitrogens with zero attached hydrogens (tertiary/aromatic N) is 6. The summed E-state index contributed by atoms with van der Waals surface area (Å²) in [7, 11) is 12.9. The van der Waals surface area contributed by atoms with E-state index in [2.05, 4.69) is 350 Å². The largest absolute Gasteiger partial charge is 0.206 e. The van der Waals surface area contributed by atoms with E-state index < -0.39 is 0 Å². The van der Waals surface area contributed by atoms with Gasteiger partial charge in [-0.2, -0.15) is 0 Å². The average molecular weight is 1230 g/mol. The van der Waals surface area contributed by atoms with Crippen LogP contribution in [0, 0.1) is 5.92 Å². The molecule has 0 bridgehead atoms. The molecule has 0 spiro atoms. The van der Waals surface area contributed by atoms with Gasteiger partial charge in [-0.05, 0) is 75.0 Å². The van der Waals surface area contributed by atoms with Crippen LogP contribution in [0.1, 0.15) is 88.5 Å². The van der Waals surface area contributed by atoms with Crippen LogP contribution in [0.25, 0.3) is 54.6 Å². The van der Waals surface area contributed by atoms with Crippen molar-refractivity contribution in [1.29, 1.82) is 0 Å². The summed E-state index contributed by atoms with van der Waals surface area (Å²) in [6, 6.07) is 67.8. The Hall–Kier alpha value is -7.83. The first kappa shape index (κ1) is 66.2. The maximum absolute atomic E-state index is 2.38. The van der Waals surface area contributed by atoms with Crippen LogP contribution in [0.4, 0.5) is 0 Å². The topological polar surface area (TPSA) is 23.3 Å². The molecule has 6 aromatic heterocycles. The van der Waals surface area contributed by atoms with Gasteiger partial charge < -0.3 is 0 Å². The molecule has 6 unspecified atom stereocenters. The van der Waals surface area contributed by atoms with Gasteiger partial charge in [-0.15, -0.1) is 0 Å². The molecule has 12 heteroatoms. The fraction of sp³-hybridized carbons (Fsp3) is 0.341. The van der Waals surface area contributed by atoms with E-state index in [0.29, 0.717) is 0 Å². The molecule has 470 valence electrons. The summed E-state index contributed by atoms with van der Waals surface area (Å²) in [6.07, 6.45) is 22.5. The highest BCUT2D eigenvalue weighted by Gasteiger charge is 2.47. The van der Waals surface area contributed by atoms with Gasteiger partial charge in [-0.3, -0.25) is 0 Å². The van der Waals surface area contributed by atoms with E-state index in [9.17, 15) is 0 Å². The smallest absolute Gasteiger partial charge is 0.184 e. The second-order valence-electron chi connectivity index (χ2n) is 30.0. The number of rotatable bonds is 10. The second kappa shape index (κ2) is 29.0. The van der Waals surface area contributed by atoms with Crippen molar-refractivity contribution in [3.63, 3.8) is 0 Å². The Kier molecular flexibility index (Phi) is 20.4. The molecule has 0 saturated carbocycles. The third-order valence-electron chi connectivity index (χ3n) is 21.6. The number of hydrogen-bond donors (Lipinski definition) is 0. The number of benzene rings is 5. The van der Waals surface area contributed by atoms with E-state index in [1.54, 1.807) is 0 Å². The molecule has 17 rings (SSSR count). The normalized spacial score (nSPS) is 19.1. The fourth-order valence-electron chi connectivity index (χ4n) is 14.8. The minimum atomic E-state index is 0.722. The van der Waals surface area contributed by atoms with Crippen molar-refractivity contribution in [3.05, 3.63) is 265 Å². The monoisotopic (exact) mass is 1230 g/mol. The minimum Gasteiger partial charge on any atom is -0.206 e. The molecule has 11 aromatic rings. The first-order chi connectivity index (χ1) is 45.4. The van der Waals surface area contributed by atoms with Crippen molar-refractivity contribution in [1.82, 2.24) is 0 Å². The predicted molar refractivity (Wildman–Crippen MR) is 403 cm³/mol. The van der Waals surface area contributed by atoms with Crippen molar-refractivity contribution in [2.45, 2.75) is 134 Å². The Labute approximate surface area is 566 Å². The van der Waals surface area contributed by atoms with Gasteiger partial charge in [0.05, 0.1) is 0 Å². The highest BCUT2D eigenvalue weighted by atomic mass is 15.0. The lowest BCUT2D eigenvalue weighted by Gasteiger charge is -2.08. The van der Waals surface area contributed by atoms with Crippen LogP contribution in [0.5, 0.6) is 0 Å². The van der Waals surface area contributed by atoms with E-state index in [4.69, 9.17) is 0 Å². The zero-order valence-electron chi connectivity index (χ0n) is 59.0. The summed E-state index contributed by atoms with van der Waals surface area (Å²) in [4.78, 5) is 0. The summed E-state index contributed by atoms with van der Waals surface area (Å²) in [6.45, 7) is 23.8. The molecule has 5 aromatic carbocycles. The maximum Gasteiger partial charge on any atom is 0.184 e. The number of hydrogen-bond acceptors (Lipinski definition) is 0. The molecule has 6 aliphatic heterocycles. The standard InChI is InChI=1S/C17H23BN.2C15H17BN.2C13H15BN.C9H13BN/c1-12(2)9-13-5-6-15-14(10-13)7-8-19(4)17(15)16-11-18(16)3;1-16-10-14(16)15-9-8-13(11-17(15)2)12-6-4-3-5-7-12;1-16-11-14(16)15-10-13(8-9-17(15)2)12-6-4-3-5-7-12;1-14-8-12(14)13-7-10-5-3-4-6-11(10)9-15(13)2;1-14-9-12(14)13-11-6-4-3-5-10(11)7-8-15(13)2;1-10-7-8(10)9-5-3-4-6-11(9)2/h5-8,10,12,16H,9,11H2,1-4H3;3-9,11,14H,10H2,1-2H3;3-10,14H,11H2,1-2H3;3-7,9,12H,8H2,1-2H3;3-8,12H,9H2,1-2H3;3-6,8H,7H2,1-2H3/q6*+1. The Morgan fingerprint density at radius 3 is 1.27 bits per heavy atom. The van der Waals surface area contributed by atoms with Crippen molar-refractivity contribution in [2.75, 3.05) is 0 Å². The number of aryl methyl sites for hydroxylation is 6. The third-order valence-corrected chi connectivity index (χ3v) is 21.6. The van der Waals surface area contributed by atoms with Gasteiger partial charge in [0.25, 0.3) is 0 Å². The van der Waals surface area contributed by atoms with E-state index in [1.807, 2.05) is 0 Å². The van der Waals surface area contributed by atoms with Gasteiger partial charge in [-0.1, -0.05) is 208 Å². The summed E-state index contributed by atoms with van der Waals surface area (Å²) < 4.78 is 13.7. The lowest BCUT2D eigenvalue weighted by atomic mass is 9.70. The molecule has 0 aliphatic carbocycles. The summed E-state index contributed by atoms with van der Waals surface area (Å²) in [5.74, 6) is 5.44. The molecule has 6 atom stereocenters. The SMILES string of the molecule is CB1CC1c1c2ccc(CC(C)C)cc2cc[n+]1C.CB1CC1c1c2ccccc2cc[n+]1C.CB1CC1c1cc(-c2ccccc2)cc[n+]1C.CB1CC1c1cc2ccccc2c[n+]1C.CB1CC1c1ccc(-c2ccccc2)c[n+]1C.CB1CC1c1cccc[n+]1C. The molecule has 0 radical (unpaired) electrons. The molecule has 0 N–H and O–H groups in total. The van der Waals surface area contributed by atoms with Crippen LogP contribution in [-0.4, -0.2) is 40.3 Å². The van der Waals surface area contributed by atoms with E-state index >= 15 is 0 Å². The van der Waals surface area contributed by atoms with E-state index in [0.717, 1.165) is 81.1 Å². The van der Waals surface area contributed by atoms with E-state index in [1.165, 1.54) is 139 Å². The molecule has 6 nitrogen and oxygen atoms in total. The Balaban J connectivity index is 0.000000109. The van der Waals surface area contributed by atoms with Gasteiger partial charge in [-0.25, -0.2) is 27.4 Å². The van der Waals surface area contributed by atoms with Gasteiger partial charge in [0.2, 0.25) is 0 Å². The first-order valence-electron chi connectivity index (χ1n) is 35.6. The zero-order chi connectivity index (χ0) is 65.9. The molecular formula is C82H100B6N6+6. The maximum atomic E-state index is 2.38. The van der Waals surface area contributed by atoms with Crippen LogP contribution in [0.3, 0.4) is 0 Å². The molecular weight excluding hydrogens is 1130 g/mol. The highest BCUT2D eigenvalue weighted by molar-refractivity contribution is 6.72. The molecule has 94 heavy (non-hydrogen) atoms. The van der Waals surface area contributed by atoms with Crippen molar-refractivity contribution in [2.24, 2.45) is 48.2 Å². The lowest BCUT2D eigenvalue weighted by Crippen LogP contribution is -2.33. The predicted octanol–water partition coefficient (Wildman–Crippen LogP) is 15.6. The zero-order valence-corrected chi connectivity index (χ0v) is 59.0. The first-order valence-corrected chi connectivity index (χ1v) is 35.6. The Morgan fingerprint density at radius 1 is 0.309 bits per heavy atom. The second-order valence-corrected chi connectivity index (χ2v) is 30.0. The van der Waals surface area contributed by atoms with Crippen molar-refractivity contribution in [3.8, 4) is 22.3 Å². The lowest BCUT2D eigenvalue weighted by molar-refractivity contribution is -0.679. The molecule has 0 amide bonds. The van der Waals surface area contributed by atoms with Crippen molar-refractivity contribution >= 4 is 72.6 Å². The van der Waals surface area contributed by atoms with Crippen LogP contribution >= 0.6 is 0 Å². The van der Waals surface area contributed by atoms with Crippen LogP contribution in [0.2, 0.25) is 78.9 Å². The number of pyridine rings is 6. The highest BCUT2D eigenvalue weighted by Crippen LogP contribution is 2.44. The van der Waals surface area contributed by atoms with E-state index in [-0.39, 0.29) is 0 Å². The molecule has 12 heterocycles. The quantitative estimate of drug-likeness (QED) is 0.0962. The molecule has 6 saturated heterocycles. The average Bonchev–Trinajstić information content (AvgIpc) is 1.34. The van der Waals surface area contributed by atoms with Gasteiger partial charge in [0, 0.05) is 105 Å². The van der Waals surface area contributed by atoms with Gasteiger partial charge in [0.1, 0.15) is 42.3 Å². The van der Waals surface area contributed by atoms with Crippen molar-refractivity contribution < 1.29 is 27.4 Å². The third kappa shape index (κ3) is 16.1. The fourth-order valence-corrected chi connectivity index (χ4v) is 14.8. The number of fused-ring (bicyclic) bond motifs is 3. The Morgan fingerprint density at radius 2 is 0.734 bits per heavy atom. The van der Waals surface area contributed by atoms with Crippen LogP contribution < -0.4 is 27.4 Å². The summed E-state index contributed by atoms with van der Waals surface area (Å²) in [5, 5.41) is 8.35. The molecule has 6 fully saturated rings. The van der Waals surface area contributed by atoms with Gasteiger partial charge in [0.15, 0.2) is 112 Å². The number of aromatic nitrogens is 6. The Bertz CT molecular complexity index is 4440. The van der Waals surface area contributed by atoms with Gasteiger partial charge >= 0.3 is 0 Å². The van der Waals surface area contributed by atoms with Crippen LogP contribution in [0.15, 0.2) is 225 Å². The molecule has 6 aliphatic rings. The summed E-state index contributed by atoms with van der Waals surface area (Å²) in [5.41, 5.74) is 15.6. The van der Waals surface area contributed by atoms with Crippen LogP contribution in [-0.2, 0) is 48.7 Å². The minimum absolute atomic E-state index is 0.722. The summed E-state index contributed by atoms with van der Waals surface area (Å²) >= 11 is 0.